The maximum Gasteiger partial charge on any atom is 0.289 e. The number of nitro benzene ring substituents is 1. The number of hydrogen-bond acceptors (Lipinski definition) is 5. The zero-order chi connectivity index (χ0) is 16.2. The Bertz CT molecular complexity index is 619. The molecule has 0 aliphatic rings. The predicted octanol–water partition coefficient (Wildman–Crippen LogP) is 1.87. The number of halogens is 1. The van der Waals surface area contributed by atoms with Crippen LogP contribution in [-0.4, -0.2) is 44.9 Å². The van der Waals surface area contributed by atoms with E-state index in [2.05, 4.69) is 4.72 Å². The van der Waals surface area contributed by atoms with Gasteiger partial charge in [-0.15, -0.1) is 0 Å². The Labute approximate surface area is 129 Å². The number of nitrogens with one attached hydrogen (secondary N) is 1. The molecule has 1 unspecified atom stereocenters. The van der Waals surface area contributed by atoms with Crippen LogP contribution in [0.3, 0.4) is 0 Å². The lowest BCUT2D eigenvalue weighted by atomic mass is 10.2. The maximum absolute atomic E-state index is 12.2. The van der Waals surface area contributed by atoms with E-state index in [0.29, 0.717) is 6.42 Å². The third-order valence-electron chi connectivity index (χ3n) is 2.79. The molecule has 0 aliphatic carbocycles. The smallest absolute Gasteiger partial charge is 0.289 e. The van der Waals surface area contributed by atoms with Crippen molar-refractivity contribution in [2.24, 2.45) is 0 Å². The van der Waals surface area contributed by atoms with Gasteiger partial charge in [0, 0.05) is 12.1 Å². The highest BCUT2D eigenvalue weighted by Crippen LogP contribution is 2.27. The van der Waals surface area contributed by atoms with Crippen LogP contribution in [-0.2, 0) is 10.0 Å². The maximum atomic E-state index is 12.2. The molecule has 0 saturated heterocycles. The van der Waals surface area contributed by atoms with Crippen molar-refractivity contribution >= 4 is 27.3 Å². The van der Waals surface area contributed by atoms with Gasteiger partial charge in [-0.1, -0.05) is 11.6 Å². The van der Waals surface area contributed by atoms with E-state index in [0.717, 1.165) is 12.6 Å². The second kappa shape index (κ2) is 7.17. The van der Waals surface area contributed by atoms with Crippen LogP contribution in [0.25, 0.3) is 0 Å². The van der Waals surface area contributed by atoms with Gasteiger partial charge in [-0.3, -0.25) is 10.1 Å². The molecule has 0 aromatic heterocycles. The number of sulfonamides is 1. The van der Waals surface area contributed by atoms with Crippen molar-refractivity contribution in [2.75, 3.05) is 20.6 Å². The largest absolute Gasteiger partial charge is 0.309 e. The number of nitrogens with zero attached hydrogens (tertiary/aromatic N) is 2. The average Bonchev–Trinajstić information content (AvgIpc) is 2.35. The van der Waals surface area contributed by atoms with Crippen LogP contribution in [0.5, 0.6) is 0 Å². The van der Waals surface area contributed by atoms with Crippen LogP contribution in [0.2, 0.25) is 5.02 Å². The molecule has 1 aromatic rings. The van der Waals surface area contributed by atoms with Crippen LogP contribution in [0.15, 0.2) is 23.1 Å². The number of rotatable bonds is 7. The summed E-state index contributed by atoms with van der Waals surface area (Å²) in [7, 11) is -0.0265. The minimum atomic E-state index is -3.81. The lowest BCUT2D eigenvalue weighted by Gasteiger charge is -2.16. The fourth-order valence-electron chi connectivity index (χ4n) is 1.64. The van der Waals surface area contributed by atoms with E-state index < -0.39 is 20.6 Å². The van der Waals surface area contributed by atoms with Gasteiger partial charge in [0.2, 0.25) is 10.0 Å². The van der Waals surface area contributed by atoms with E-state index >= 15 is 0 Å². The zero-order valence-electron chi connectivity index (χ0n) is 12.0. The third kappa shape index (κ3) is 5.24. The first-order valence-electron chi connectivity index (χ1n) is 6.24. The average molecular weight is 336 g/mol. The Kier molecular flexibility index (Phi) is 6.09. The molecule has 21 heavy (non-hydrogen) atoms. The molecule has 1 rings (SSSR count). The van der Waals surface area contributed by atoms with Crippen LogP contribution in [0.1, 0.15) is 13.3 Å². The molecule has 1 aromatic carbocycles. The monoisotopic (exact) mass is 335 g/mol. The SMILES string of the molecule is CC(CCN(C)C)NS(=O)(=O)c1ccc(Cl)c([N+](=O)[O-])c1. The standard InChI is InChI=1S/C12H18ClN3O4S/c1-9(6-7-15(2)3)14-21(19,20)10-4-5-11(13)12(8-10)16(17)18/h4-5,8-9,14H,6-7H2,1-3H3. The summed E-state index contributed by atoms with van der Waals surface area (Å²) in [5.41, 5.74) is -0.430. The van der Waals surface area contributed by atoms with Crippen LogP contribution < -0.4 is 4.72 Å². The molecule has 0 radical (unpaired) electrons. The van der Waals surface area contributed by atoms with Crippen molar-refractivity contribution in [1.29, 1.82) is 0 Å². The summed E-state index contributed by atoms with van der Waals surface area (Å²) in [6.07, 6.45) is 0.627. The van der Waals surface area contributed by atoms with Crippen LogP contribution in [0, 0.1) is 10.1 Å². The molecule has 0 saturated carbocycles. The van der Waals surface area contributed by atoms with Crippen molar-refractivity contribution < 1.29 is 13.3 Å². The van der Waals surface area contributed by atoms with Crippen LogP contribution >= 0.6 is 11.6 Å². The second-order valence-electron chi connectivity index (χ2n) is 4.98. The predicted molar refractivity (Wildman–Crippen MR) is 81.1 cm³/mol. The summed E-state index contributed by atoms with van der Waals surface area (Å²) in [6.45, 7) is 2.47. The van der Waals surface area contributed by atoms with Gasteiger partial charge in [0.25, 0.3) is 5.69 Å². The summed E-state index contributed by atoms with van der Waals surface area (Å²) < 4.78 is 26.9. The van der Waals surface area contributed by atoms with E-state index in [1.165, 1.54) is 12.1 Å². The molecule has 7 nitrogen and oxygen atoms in total. The van der Waals surface area contributed by atoms with E-state index in [1.54, 1.807) is 6.92 Å². The molecule has 0 heterocycles. The number of benzene rings is 1. The molecule has 0 aliphatic heterocycles. The summed E-state index contributed by atoms with van der Waals surface area (Å²) in [5, 5.41) is 10.7. The minimum Gasteiger partial charge on any atom is -0.309 e. The summed E-state index contributed by atoms with van der Waals surface area (Å²) in [5.74, 6) is 0. The van der Waals surface area contributed by atoms with Gasteiger partial charge in [-0.05, 0) is 46.1 Å². The number of hydrogen-bond donors (Lipinski definition) is 1. The van der Waals surface area contributed by atoms with Crippen molar-refractivity contribution in [2.45, 2.75) is 24.3 Å². The van der Waals surface area contributed by atoms with Crippen molar-refractivity contribution in [3.63, 3.8) is 0 Å². The first-order chi connectivity index (χ1) is 9.63. The molecule has 0 amide bonds. The fourth-order valence-corrected chi connectivity index (χ4v) is 3.13. The first-order valence-corrected chi connectivity index (χ1v) is 8.10. The van der Waals surface area contributed by atoms with Gasteiger partial charge >= 0.3 is 0 Å². The van der Waals surface area contributed by atoms with Crippen molar-refractivity contribution in [1.82, 2.24) is 9.62 Å². The summed E-state index contributed by atoms with van der Waals surface area (Å²) in [6, 6.07) is 3.13. The molecule has 0 fully saturated rings. The molecular formula is C12H18ClN3O4S. The third-order valence-corrected chi connectivity index (χ3v) is 4.70. The quantitative estimate of drug-likeness (QED) is 0.606. The molecule has 0 spiro atoms. The minimum absolute atomic E-state index is 0.0976. The molecule has 1 N–H and O–H groups in total. The molecule has 0 bridgehead atoms. The Morgan fingerprint density at radius 3 is 2.57 bits per heavy atom. The number of nitro groups is 1. The normalized spacial score (nSPS) is 13.4. The van der Waals surface area contributed by atoms with E-state index in [1.807, 2.05) is 19.0 Å². The highest BCUT2D eigenvalue weighted by molar-refractivity contribution is 7.89. The van der Waals surface area contributed by atoms with Crippen LogP contribution in [0.4, 0.5) is 5.69 Å². The second-order valence-corrected chi connectivity index (χ2v) is 7.11. The Morgan fingerprint density at radius 1 is 1.43 bits per heavy atom. The van der Waals surface area contributed by atoms with Gasteiger partial charge in [-0.25, -0.2) is 13.1 Å². The van der Waals surface area contributed by atoms with E-state index in [9.17, 15) is 18.5 Å². The van der Waals surface area contributed by atoms with Gasteiger partial charge in [0.1, 0.15) is 5.02 Å². The molecule has 9 heteroatoms. The zero-order valence-corrected chi connectivity index (χ0v) is 13.6. The van der Waals surface area contributed by atoms with Gasteiger partial charge in [-0.2, -0.15) is 0 Å². The topological polar surface area (TPSA) is 92.6 Å². The Hall–Kier alpha value is -1.22. The summed E-state index contributed by atoms with van der Waals surface area (Å²) in [4.78, 5) is 11.9. The van der Waals surface area contributed by atoms with Gasteiger partial charge in [0.05, 0.1) is 9.82 Å². The van der Waals surface area contributed by atoms with Crippen molar-refractivity contribution in [3.8, 4) is 0 Å². The molecular weight excluding hydrogens is 318 g/mol. The van der Waals surface area contributed by atoms with E-state index in [-0.39, 0.29) is 16.0 Å². The first kappa shape index (κ1) is 17.8. The van der Waals surface area contributed by atoms with Crippen molar-refractivity contribution in [3.05, 3.63) is 33.3 Å². The summed E-state index contributed by atoms with van der Waals surface area (Å²) >= 11 is 5.67. The van der Waals surface area contributed by atoms with E-state index in [4.69, 9.17) is 11.6 Å². The fraction of sp³-hybridized carbons (Fsp3) is 0.500. The van der Waals surface area contributed by atoms with Gasteiger partial charge < -0.3 is 4.90 Å². The molecule has 118 valence electrons. The lowest BCUT2D eigenvalue weighted by Crippen LogP contribution is -2.34. The highest BCUT2D eigenvalue weighted by atomic mass is 35.5. The highest BCUT2D eigenvalue weighted by Gasteiger charge is 2.22. The Balaban J connectivity index is 2.93. The Morgan fingerprint density at radius 2 is 2.05 bits per heavy atom. The van der Waals surface area contributed by atoms with Gasteiger partial charge in [0.15, 0.2) is 0 Å². The molecule has 1 atom stereocenters. The lowest BCUT2D eigenvalue weighted by molar-refractivity contribution is -0.384.